The first kappa shape index (κ1) is 16.0. The number of alkyl halides is 4. The molecule has 0 unspecified atom stereocenters. The van der Waals surface area contributed by atoms with E-state index in [1.165, 1.54) is 12.4 Å². The van der Waals surface area contributed by atoms with Gasteiger partial charge in [-0.1, -0.05) is 22.9 Å². The summed E-state index contributed by atoms with van der Waals surface area (Å²) in [6.07, 6.45) is -2.28. The Morgan fingerprint density at radius 1 is 1.37 bits per heavy atom. The van der Waals surface area contributed by atoms with Crippen LogP contribution in [0.4, 0.5) is 19.0 Å². The van der Waals surface area contributed by atoms with Gasteiger partial charge in [-0.3, -0.25) is 0 Å². The van der Waals surface area contributed by atoms with Crippen molar-refractivity contribution >= 4 is 21.7 Å². The van der Waals surface area contributed by atoms with E-state index in [1.54, 1.807) is 0 Å². The van der Waals surface area contributed by atoms with Crippen LogP contribution in [0.15, 0.2) is 12.4 Å². The van der Waals surface area contributed by atoms with Gasteiger partial charge in [-0.05, 0) is 6.42 Å². The van der Waals surface area contributed by atoms with Crippen LogP contribution in [0, 0.1) is 0 Å². The van der Waals surface area contributed by atoms with Crippen LogP contribution < -0.4 is 9.64 Å². The van der Waals surface area contributed by atoms with Gasteiger partial charge in [0.15, 0.2) is 0 Å². The molecule has 0 amide bonds. The summed E-state index contributed by atoms with van der Waals surface area (Å²) in [5.74, 6) is 0.492. The molecule has 8 heteroatoms. The lowest BCUT2D eigenvalue weighted by atomic mass is 10.4. The molecule has 0 bridgehead atoms. The van der Waals surface area contributed by atoms with Gasteiger partial charge in [-0.2, -0.15) is 13.2 Å². The second kappa shape index (κ2) is 7.52. The summed E-state index contributed by atoms with van der Waals surface area (Å²) in [6.45, 7) is 1.55. The number of nitrogens with zero attached hydrogens (tertiary/aromatic N) is 3. The minimum atomic E-state index is -4.28. The second-order valence-corrected chi connectivity index (χ2v) is 4.58. The molecule has 0 atom stereocenters. The van der Waals surface area contributed by atoms with Crippen molar-refractivity contribution in [2.45, 2.75) is 19.5 Å². The fraction of sp³-hybridized carbons (Fsp3) is 0.636. The summed E-state index contributed by atoms with van der Waals surface area (Å²) in [5.41, 5.74) is 0. The monoisotopic (exact) mass is 341 g/mol. The Kier molecular flexibility index (Phi) is 6.33. The van der Waals surface area contributed by atoms with E-state index in [2.05, 4.69) is 25.9 Å². The minimum Gasteiger partial charge on any atom is -0.478 e. The van der Waals surface area contributed by atoms with Crippen molar-refractivity contribution < 1.29 is 17.9 Å². The van der Waals surface area contributed by atoms with Crippen LogP contribution in [-0.2, 0) is 0 Å². The Morgan fingerprint density at radius 3 is 2.68 bits per heavy atom. The third-order valence-corrected chi connectivity index (χ3v) is 2.48. The highest BCUT2D eigenvalue weighted by molar-refractivity contribution is 9.09. The summed E-state index contributed by atoms with van der Waals surface area (Å²) in [6, 6.07) is 1.42. The van der Waals surface area contributed by atoms with Crippen LogP contribution in [0.2, 0.25) is 0 Å². The van der Waals surface area contributed by atoms with Crippen molar-refractivity contribution in [1.82, 2.24) is 9.97 Å². The second-order valence-electron chi connectivity index (χ2n) is 3.79. The van der Waals surface area contributed by atoms with Crippen LogP contribution in [-0.4, -0.2) is 41.2 Å². The highest BCUT2D eigenvalue weighted by Gasteiger charge is 2.31. The molecule has 0 aliphatic rings. The van der Waals surface area contributed by atoms with Crippen molar-refractivity contribution in [2.24, 2.45) is 0 Å². The standard InChI is InChI=1S/C11H15BrF3N3O/c1-2-5-19-10-6-9(16-8-17-10)18(4-3-12)7-11(13,14)15/h6,8H,2-5,7H2,1H3. The van der Waals surface area contributed by atoms with E-state index in [-0.39, 0.29) is 18.2 Å². The smallest absolute Gasteiger partial charge is 0.405 e. The predicted molar refractivity (Wildman–Crippen MR) is 69.9 cm³/mol. The first-order valence-corrected chi connectivity index (χ1v) is 6.91. The number of ether oxygens (including phenoxy) is 1. The van der Waals surface area contributed by atoms with Crippen LogP contribution >= 0.6 is 15.9 Å². The van der Waals surface area contributed by atoms with E-state index < -0.39 is 12.7 Å². The van der Waals surface area contributed by atoms with Gasteiger partial charge in [-0.25, -0.2) is 9.97 Å². The van der Waals surface area contributed by atoms with Crippen molar-refractivity contribution in [2.75, 3.05) is 29.9 Å². The molecule has 4 nitrogen and oxygen atoms in total. The summed E-state index contributed by atoms with van der Waals surface area (Å²) in [7, 11) is 0. The maximum absolute atomic E-state index is 12.5. The van der Waals surface area contributed by atoms with Gasteiger partial charge in [0.1, 0.15) is 18.7 Å². The van der Waals surface area contributed by atoms with E-state index in [0.29, 0.717) is 11.9 Å². The van der Waals surface area contributed by atoms with Crippen molar-refractivity contribution in [1.29, 1.82) is 0 Å². The molecule has 1 rings (SSSR count). The zero-order chi connectivity index (χ0) is 14.3. The van der Waals surface area contributed by atoms with Gasteiger partial charge in [0, 0.05) is 17.9 Å². The van der Waals surface area contributed by atoms with Gasteiger partial charge >= 0.3 is 6.18 Å². The molecule has 0 saturated heterocycles. The van der Waals surface area contributed by atoms with Crippen molar-refractivity contribution in [3.8, 4) is 5.88 Å². The van der Waals surface area contributed by atoms with Crippen molar-refractivity contribution in [3.05, 3.63) is 12.4 Å². The maximum Gasteiger partial charge on any atom is 0.405 e. The van der Waals surface area contributed by atoms with E-state index in [0.717, 1.165) is 11.3 Å². The molecule has 1 aromatic rings. The molecular formula is C11H15BrF3N3O. The number of rotatable bonds is 7. The third-order valence-electron chi connectivity index (χ3n) is 2.13. The van der Waals surface area contributed by atoms with Gasteiger partial charge in [0.25, 0.3) is 0 Å². The van der Waals surface area contributed by atoms with Gasteiger partial charge in [-0.15, -0.1) is 0 Å². The SMILES string of the molecule is CCCOc1cc(N(CCBr)CC(F)(F)F)ncn1. The molecule has 0 spiro atoms. The molecule has 0 aliphatic heterocycles. The predicted octanol–water partition coefficient (Wildman–Crippen LogP) is 3.03. The molecule has 0 aliphatic carbocycles. The molecular weight excluding hydrogens is 327 g/mol. The third kappa shape index (κ3) is 6.09. The summed E-state index contributed by atoms with van der Waals surface area (Å²) in [4.78, 5) is 8.86. The average Bonchev–Trinajstić information content (AvgIpc) is 2.35. The quantitative estimate of drug-likeness (QED) is 0.714. The Balaban J connectivity index is 2.83. The highest BCUT2D eigenvalue weighted by Crippen LogP contribution is 2.22. The van der Waals surface area contributed by atoms with Crippen LogP contribution in [0.1, 0.15) is 13.3 Å². The first-order valence-electron chi connectivity index (χ1n) is 5.78. The fourth-order valence-electron chi connectivity index (χ4n) is 1.38. The first-order chi connectivity index (χ1) is 8.96. The van der Waals surface area contributed by atoms with Crippen LogP contribution in [0.25, 0.3) is 0 Å². The summed E-state index contributed by atoms with van der Waals surface area (Å²) in [5, 5.41) is 0.415. The number of aromatic nitrogens is 2. The zero-order valence-electron chi connectivity index (χ0n) is 10.5. The van der Waals surface area contributed by atoms with E-state index in [9.17, 15) is 13.2 Å². The Morgan fingerprint density at radius 2 is 2.11 bits per heavy atom. The van der Waals surface area contributed by atoms with Gasteiger partial charge < -0.3 is 9.64 Å². The number of hydrogen-bond donors (Lipinski definition) is 0. The number of hydrogen-bond acceptors (Lipinski definition) is 4. The molecule has 0 radical (unpaired) electrons. The van der Waals surface area contributed by atoms with E-state index in [1.807, 2.05) is 6.92 Å². The Labute approximate surface area is 118 Å². The number of halogens is 4. The van der Waals surface area contributed by atoms with E-state index >= 15 is 0 Å². The Bertz CT molecular complexity index is 390. The fourth-order valence-corrected chi connectivity index (χ4v) is 1.81. The van der Waals surface area contributed by atoms with Crippen LogP contribution in [0.3, 0.4) is 0 Å². The molecule has 19 heavy (non-hydrogen) atoms. The molecule has 1 aromatic heterocycles. The largest absolute Gasteiger partial charge is 0.478 e. The van der Waals surface area contributed by atoms with Gasteiger partial charge in [0.05, 0.1) is 6.61 Å². The molecule has 0 aromatic carbocycles. The zero-order valence-corrected chi connectivity index (χ0v) is 12.0. The molecule has 0 saturated carbocycles. The lowest BCUT2D eigenvalue weighted by Gasteiger charge is -2.24. The topological polar surface area (TPSA) is 38.2 Å². The maximum atomic E-state index is 12.5. The Hall–Kier alpha value is -1.05. The normalized spacial score (nSPS) is 11.4. The summed E-state index contributed by atoms with van der Waals surface area (Å²) < 4.78 is 42.7. The average molecular weight is 342 g/mol. The lowest BCUT2D eigenvalue weighted by Crippen LogP contribution is -2.36. The van der Waals surface area contributed by atoms with E-state index in [4.69, 9.17) is 4.74 Å². The molecule has 108 valence electrons. The van der Waals surface area contributed by atoms with Crippen molar-refractivity contribution in [3.63, 3.8) is 0 Å². The number of anilines is 1. The minimum absolute atomic E-state index is 0.198. The molecule has 0 fully saturated rings. The summed E-state index contributed by atoms with van der Waals surface area (Å²) >= 11 is 3.13. The molecule has 0 N–H and O–H groups in total. The molecule has 1 heterocycles. The lowest BCUT2D eigenvalue weighted by molar-refractivity contribution is -0.119. The van der Waals surface area contributed by atoms with Gasteiger partial charge in [0.2, 0.25) is 5.88 Å². The van der Waals surface area contributed by atoms with Crippen LogP contribution in [0.5, 0.6) is 5.88 Å². The highest BCUT2D eigenvalue weighted by atomic mass is 79.9.